The van der Waals surface area contributed by atoms with Gasteiger partial charge in [-0.2, -0.15) is 0 Å². The van der Waals surface area contributed by atoms with E-state index in [2.05, 4.69) is 0 Å². The molecular formula is C16H20ClNO3. The second kappa shape index (κ2) is 8.03. The van der Waals surface area contributed by atoms with Crippen LogP contribution in [0.3, 0.4) is 0 Å². The molecule has 2 rings (SSSR count). The quantitative estimate of drug-likeness (QED) is 0.757. The third kappa shape index (κ3) is 4.74. The van der Waals surface area contributed by atoms with Gasteiger partial charge in [-0.05, 0) is 18.4 Å². The Labute approximate surface area is 130 Å². The lowest BCUT2D eigenvalue weighted by atomic mass is 10.2. The van der Waals surface area contributed by atoms with E-state index < -0.39 is 6.09 Å². The number of nitrogens with zero attached hydrogens (tertiary/aromatic N) is 1. The summed E-state index contributed by atoms with van der Waals surface area (Å²) in [7, 11) is 0. The van der Waals surface area contributed by atoms with Crippen LogP contribution in [-0.2, 0) is 16.1 Å². The highest BCUT2D eigenvalue weighted by Gasteiger charge is 2.29. The molecule has 21 heavy (non-hydrogen) atoms. The number of carbonyl (C=O) groups is 2. The monoisotopic (exact) mass is 309 g/mol. The van der Waals surface area contributed by atoms with Crippen LogP contribution in [0.5, 0.6) is 0 Å². The van der Waals surface area contributed by atoms with E-state index in [1.165, 1.54) is 0 Å². The smallest absolute Gasteiger partial charge is 0.410 e. The van der Waals surface area contributed by atoms with Gasteiger partial charge in [-0.3, -0.25) is 9.69 Å². The number of Topliss-reactive ketones (excluding diaryl/α,β-unsaturated/α-hetero) is 1. The molecular weight excluding hydrogens is 290 g/mol. The molecule has 0 N–H and O–H groups in total. The molecule has 1 saturated carbocycles. The van der Waals surface area contributed by atoms with Crippen molar-refractivity contribution in [3.8, 4) is 0 Å². The van der Waals surface area contributed by atoms with Gasteiger partial charge in [0.25, 0.3) is 0 Å². The standard InChI is InChI=1S/C16H20ClNO3/c17-10-15(19)11-18(14-8-4-5-9-14)16(20)21-12-13-6-2-1-3-7-13/h1-3,6-7,14H,4-5,8-12H2. The van der Waals surface area contributed by atoms with Gasteiger partial charge < -0.3 is 4.74 Å². The molecule has 0 bridgehead atoms. The molecule has 114 valence electrons. The van der Waals surface area contributed by atoms with E-state index in [0.29, 0.717) is 0 Å². The van der Waals surface area contributed by atoms with Crippen LogP contribution in [0.4, 0.5) is 4.79 Å². The van der Waals surface area contributed by atoms with Crippen LogP contribution in [0, 0.1) is 0 Å². The van der Waals surface area contributed by atoms with Crippen molar-refractivity contribution in [1.29, 1.82) is 0 Å². The normalized spacial score (nSPS) is 14.9. The second-order valence-electron chi connectivity index (χ2n) is 5.28. The lowest BCUT2D eigenvalue weighted by Crippen LogP contribution is -2.42. The van der Waals surface area contributed by atoms with Gasteiger partial charge in [-0.15, -0.1) is 11.6 Å². The Bertz CT molecular complexity index is 472. The first kappa shape index (κ1) is 15.8. The van der Waals surface area contributed by atoms with Gasteiger partial charge in [0.1, 0.15) is 6.61 Å². The molecule has 0 radical (unpaired) electrons. The summed E-state index contributed by atoms with van der Waals surface area (Å²) in [5.41, 5.74) is 0.931. The van der Waals surface area contributed by atoms with Crippen LogP contribution in [0.2, 0.25) is 0 Å². The Hall–Kier alpha value is -1.55. The summed E-state index contributed by atoms with van der Waals surface area (Å²) in [6.45, 7) is 0.264. The Kier molecular flexibility index (Phi) is 6.05. The Morgan fingerprint density at radius 1 is 1.19 bits per heavy atom. The van der Waals surface area contributed by atoms with Gasteiger partial charge in [0.05, 0.1) is 12.4 Å². The molecule has 0 aromatic heterocycles. The summed E-state index contributed by atoms with van der Waals surface area (Å²) in [6, 6.07) is 9.60. The number of ketones is 1. The molecule has 0 heterocycles. The molecule has 1 fully saturated rings. The summed E-state index contributed by atoms with van der Waals surface area (Å²) in [5.74, 6) is -0.227. The third-order valence-corrected chi connectivity index (χ3v) is 4.00. The minimum atomic E-state index is -0.427. The van der Waals surface area contributed by atoms with E-state index >= 15 is 0 Å². The lowest BCUT2D eigenvalue weighted by molar-refractivity contribution is -0.118. The number of rotatable bonds is 6. The third-order valence-electron chi connectivity index (χ3n) is 3.70. The molecule has 1 amide bonds. The van der Waals surface area contributed by atoms with Gasteiger partial charge in [-0.25, -0.2) is 4.79 Å². The van der Waals surface area contributed by atoms with Gasteiger partial charge in [0.2, 0.25) is 0 Å². The van der Waals surface area contributed by atoms with E-state index in [4.69, 9.17) is 16.3 Å². The van der Waals surface area contributed by atoms with Crippen molar-refractivity contribution < 1.29 is 14.3 Å². The fourth-order valence-electron chi connectivity index (χ4n) is 2.59. The van der Waals surface area contributed by atoms with E-state index in [0.717, 1.165) is 31.2 Å². The molecule has 1 aliphatic rings. The highest BCUT2D eigenvalue weighted by atomic mass is 35.5. The average molecular weight is 310 g/mol. The van der Waals surface area contributed by atoms with Crippen molar-refractivity contribution in [1.82, 2.24) is 4.90 Å². The van der Waals surface area contributed by atoms with Gasteiger partial charge in [-0.1, -0.05) is 43.2 Å². The summed E-state index contributed by atoms with van der Waals surface area (Å²) in [5, 5.41) is 0. The Balaban J connectivity index is 1.94. The maximum Gasteiger partial charge on any atom is 0.410 e. The molecule has 0 aliphatic heterocycles. The zero-order valence-electron chi connectivity index (χ0n) is 12.0. The number of halogens is 1. The van der Waals surface area contributed by atoms with Crippen LogP contribution < -0.4 is 0 Å². The predicted molar refractivity (Wildman–Crippen MR) is 81.3 cm³/mol. The van der Waals surface area contributed by atoms with Crippen LogP contribution in [0.15, 0.2) is 30.3 Å². The number of hydrogen-bond acceptors (Lipinski definition) is 3. The maximum absolute atomic E-state index is 12.3. The van der Waals surface area contributed by atoms with Crippen LogP contribution in [0.1, 0.15) is 31.2 Å². The van der Waals surface area contributed by atoms with E-state index in [-0.39, 0.29) is 30.9 Å². The number of hydrogen-bond donors (Lipinski definition) is 0. The minimum Gasteiger partial charge on any atom is -0.445 e. The fourth-order valence-corrected chi connectivity index (χ4v) is 2.68. The highest BCUT2D eigenvalue weighted by molar-refractivity contribution is 6.28. The summed E-state index contributed by atoms with van der Waals surface area (Å²) >= 11 is 5.55. The number of benzene rings is 1. The predicted octanol–water partition coefficient (Wildman–Crippen LogP) is 3.38. The maximum atomic E-state index is 12.3. The van der Waals surface area contributed by atoms with Gasteiger partial charge in [0, 0.05) is 6.04 Å². The van der Waals surface area contributed by atoms with Crippen molar-refractivity contribution in [3.63, 3.8) is 0 Å². The molecule has 5 heteroatoms. The number of amides is 1. The Morgan fingerprint density at radius 2 is 1.86 bits per heavy atom. The SMILES string of the molecule is O=C(CCl)CN(C(=O)OCc1ccccc1)C1CCCC1. The summed E-state index contributed by atoms with van der Waals surface area (Å²) < 4.78 is 5.34. The minimum absolute atomic E-state index is 0.0434. The number of ether oxygens (including phenoxy) is 1. The lowest BCUT2D eigenvalue weighted by Gasteiger charge is -2.27. The molecule has 0 unspecified atom stereocenters. The summed E-state index contributed by atoms with van der Waals surface area (Å²) in [4.78, 5) is 25.4. The number of alkyl halides is 1. The van der Waals surface area contributed by atoms with Crippen molar-refractivity contribution in [2.45, 2.75) is 38.3 Å². The van der Waals surface area contributed by atoms with Crippen LogP contribution in [-0.4, -0.2) is 35.2 Å². The van der Waals surface area contributed by atoms with Crippen LogP contribution >= 0.6 is 11.6 Å². The zero-order chi connectivity index (χ0) is 15.1. The molecule has 1 aromatic rings. The van der Waals surface area contributed by atoms with Crippen molar-refractivity contribution in [2.75, 3.05) is 12.4 Å². The highest BCUT2D eigenvalue weighted by Crippen LogP contribution is 2.24. The number of carbonyl (C=O) groups excluding carboxylic acids is 2. The average Bonchev–Trinajstić information content (AvgIpc) is 3.05. The second-order valence-corrected chi connectivity index (χ2v) is 5.55. The van der Waals surface area contributed by atoms with E-state index in [1.54, 1.807) is 4.90 Å². The molecule has 0 saturated heterocycles. The molecule has 0 spiro atoms. The first-order chi connectivity index (χ1) is 10.2. The van der Waals surface area contributed by atoms with Gasteiger partial charge >= 0.3 is 6.09 Å². The van der Waals surface area contributed by atoms with Gasteiger partial charge in [0.15, 0.2) is 5.78 Å². The molecule has 1 aliphatic carbocycles. The Morgan fingerprint density at radius 3 is 2.48 bits per heavy atom. The summed E-state index contributed by atoms with van der Waals surface area (Å²) in [6.07, 6.45) is 3.60. The molecule has 1 aromatic carbocycles. The topological polar surface area (TPSA) is 46.6 Å². The van der Waals surface area contributed by atoms with Crippen LogP contribution in [0.25, 0.3) is 0 Å². The van der Waals surface area contributed by atoms with E-state index in [9.17, 15) is 9.59 Å². The zero-order valence-corrected chi connectivity index (χ0v) is 12.7. The van der Waals surface area contributed by atoms with Crippen molar-refractivity contribution in [3.05, 3.63) is 35.9 Å². The van der Waals surface area contributed by atoms with Crippen molar-refractivity contribution >= 4 is 23.5 Å². The van der Waals surface area contributed by atoms with E-state index in [1.807, 2.05) is 30.3 Å². The first-order valence-electron chi connectivity index (χ1n) is 7.25. The van der Waals surface area contributed by atoms with Crippen molar-refractivity contribution in [2.24, 2.45) is 0 Å². The fraction of sp³-hybridized carbons (Fsp3) is 0.500. The molecule has 0 atom stereocenters. The largest absolute Gasteiger partial charge is 0.445 e. The first-order valence-corrected chi connectivity index (χ1v) is 7.79. The molecule has 4 nitrogen and oxygen atoms in total.